The minimum atomic E-state index is -4.53. The highest BCUT2D eigenvalue weighted by molar-refractivity contribution is 7.99. The lowest BCUT2D eigenvalue weighted by molar-refractivity contribution is -0.137. The Hall–Kier alpha value is -2.76. The van der Waals surface area contributed by atoms with Crippen LogP contribution in [0.1, 0.15) is 5.56 Å². The van der Waals surface area contributed by atoms with Crippen molar-refractivity contribution < 1.29 is 27.1 Å². The topological polar surface area (TPSA) is 80.5 Å². The number of rotatable bonds is 6. The molecule has 1 amide bonds. The molecule has 3 aromatic rings. The van der Waals surface area contributed by atoms with E-state index in [9.17, 15) is 18.0 Å². The summed E-state index contributed by atoms with van der Waals surface area (Å²) in [7, 11) is 0. The van der Waals surface area contributed by atoms with Crippen LogP contribution in [-0.4, -0.2) is 48.2 Å². The van der Waals surface area contributed by atoms with Crippen LogP contribution in [0.15, 0.2) is 52.1 Å². The molecule has 0 aliphatic carbocycles. The van der Waals surface area contributed by atoms with Gasteiger partial charge in [0, 0.05) is 23.7 Å². The second kappa shape index (κ2) is 10.0. The van der Waals surface area contributed by atoms with Gasteiger partial charge in [0.15, 0.2) is 0 Å². The predicted molar refractivity (Wildman–Crippen MR) is 119 cm³/mol. The summed E-state index contributed by atoms with van der Waals surface area (Å²) >= 11 is 6.85. The Bertz CT molecular complexity index is 1120. The standard InChI is InChI=1S/C21H18ClF3N4O3S/c22-15-4-1-13(2-5-15)19-27-28-20(32-19)33-12-18(30)26-16-11-14(21(23,24)25)3-6-17(16)29-7-9-31-10-8-29/h1-6,11H,7-10,12H2,(H,26,30). The number of halogens is 4. The van der Waals surface area contributed by atoms with Gasteiger partial charge in [0.2, 0.25) is 11.8 Å². The number of alkyl halides is 3. The molecule has 4 rings (SSSR count). The Kier molecular flexibility index (Phi) is 7.11. The fraction of sp³-hybridized carbons (Fsp3) is 0.286. The van der Waals surface area contributed by atoms with Crippen molar-refractivity contribution in [3.05, 3.63) is 53.1 Å². The summed E-state index contributed by atoms with van der Waals surface area (Å²) in [6.45, 7) is 1.94. The number of carbonyl (C=O) groups excluding carboxylic acids is 1. The van der Waals surface area contributed by atoms with E-state index < -0.39 is 17.6 Å². The van der Waals surface area contributed by atoms with Crippen molar-refractivity contribution in [2.75, 3.05) is 42.3 Å². The van der Waals surface area contributed by atoms with E-state index in [0.29, 0.717) is 42.6 Å². The van der Waals surface area contributed by atoms with Crippen LogP contribution in [0.25, 0.3) is 11.5 Å². The first-order valence-corrected chi connectivity index (χ1v) is 11.2. The number of morpholine rings is 1. The molecule has 2 aromatic carbocycles. The number of carbonyl (C=O) groups is 1. The maximum atomic E-state index is 13.2. The molecule has 0 spiro atoms. The predicted octanol–water partition coefficient (Wildman–Crippen LogP) is 4.98. The van der Waals surface area contributed by atoms with E-state index in [-0.39, 0.29) is 22.6 Å². The van der Waals surface area contributed by atoms with Crippen molar-refractivity contribution in [3.8, 4) is 11.5 Å². The Morgan fingerprint density at radius 1 is 1.12 bits per heavy atom. The largest absolute Gasteiger partial charge is 0.416 e. The maximum Gasteiger partial charge on any atom is 0.416 e. The van der Waals surface area contributed by atoms with Crippen LogP contribution in [0.2, 0.25) is 5.02 Å². The number of thioether (sulfide) groups is 1. The van der Waals surface area contributed by atoms with Gasteiger partial charge in [-0.25, -0.2) is 0 Å². The fourth-order valence-electron chi connectivity index (χ4n) is 3.18. The van der Waals surface area contributed by atoms with Crippen LogP contribution >= 0.6 is 23.4 Å². The molecule has 1 saturated heterocycles. The second-order valence-electron chi connectivity index (χ2n) is 7.05. The normalized spacial score (nSPS) is 14.4. The smallest absolute Gasteiger partial charge is 0.411 e. The summed E-state index contributed by atoms with van der Waals surface area (Å²) in [5.41, 5.74) is 0.423. The number of benzene rings is 2. The van der Waals surface area contributed by atoms with Crippen LogP contribution in [0.3, 0.4) is 0 Å². The fourth-order valence-corrected chi connectivity index (χ4v) is 3.87. The number of amides is 1. The number of aromatic nitrogens is 2. The molecule has 0 bridgehead atoms. The van der Waals surface area contributed by atoms with Crippen molar-refractivity contribution in [2.45, 2.75) is 11.4 Å². The van der Waals surface area contributed by atoms with Gasteiger partial charge in [-0.3, -0.25) is 4.79 Å². The molecule has 0 radical (unpaired) electrons. The molecule has 1 aliphatic rings. The van der Waals surface area contributed by atoms with Crippen molar-refractivity contribution in [1.29, 1.82) is 0 Å². The van der Waals surface area contributed by atoms with Gasteiger partial charge in [-0.15, -0.1) is 10.2 Å². The lowest BCUT2D eigenvalue weighted by atomic mass is 10.1. The summed E-state index contributed by atoms with van der Waals surface area (Å²) in [5.74, 6) is -0.358. The van der Waals surface area contributed by atoms with Gasteiger partial charge in [-0.05, 0) is 42.5 Å². The first-order chi connectivity index (χ1) is 15.8. The molecule has 174 valence electrons. The molecule has 0 atom stereocenters. The van der Waals surface area contributed by atoms with Crippen LogP contribution in [0.4, 0.5) is 24.5 Å². The SMILES string of the molecule is O=C(CSc1nnc(-c2ccc(Cl)cc2)o1)Nc1cc(C(F)(F)F)ccc1N1CCOCC1. The highest BCUT2D eigenvalue weighted by Crippen LogP contribution is 2.36. The molecule has 7 nitrogen and oxygen atoms in total. The highest BCUT2D eigenvalue weighted by atomic mass is 35.5. The van der Waals surface area contributed by atoms with E-state index in [0.717, 1.165) is 23.9 Å². The van der Waals surface area contributed by atoms with Gasteiger partial charge in [-0.1, -0.05) is 23.4 Å². The average Bonchev–Trinajstić information content (AvgIpc) is 3.27. The molecular weight excluding hydrogens is 481 g/mol. The minimum absolute atomic E-state index is 0.0877. The summed E-state index contributed by atoms with van der Waals surface area (Å²) in [4.78, 5) is 14.4. The molecule has 0 saturated carbocycles. The van der Waals surface area contributed by atoms with E-state index in [2.05, 4.69) is 15.5 Å². The minimum Gasteiger partial charge on any atom is -0.411 e. The number of nitrogens with one attached hydrogen (secondary N) is 1. The number of hydrogen-bond donors (Lipinski definition) is 1. The Balaban J connectivity index is 1.44. The van der Waals surface area contributed by atoms with E-state index in [1.807, 2.05) is 4.90 Å². The third kappa shape index (κ3) is 5.98. The Morgan fingerprint density at radius 2 is 1.85 bits per heavy atom. The third-order valence-electron chi connectivity index (χ3n) is 4.77. The van der Waals surface area contributed by atoms with Gasteiger partial charge in [0.25, 0.3) is 5.22 Å². The zero-order valence-electron chi connectivity index (χ0n) is 17.1. The molecule has 12 heteroatoms. The van der Waals surface area contributed by atoms with Gasteiger partial charge in [-0.2, -0.15) is 13.2 Å². The van der Waals surface area contributed by atoms with Gasteiger partial charge in [0.05, 0.1) is 35.9 Å². The first kappa shape index (κ1) is 23.4. The summed E-state index contributed by atoms with van der Waals surface area (Å²) in [5, 5.41) is 11.1. The van der Waals surface area contributed by atoms with Crippen molar-refractivity contribution in [2.24, 2.45) is 0 Å². The molecule has 1 aliphatic heterocycles. The monoisotopic (exact) mass is 498 g/mol. The van der Waals surface area contributed by atoms with E-state index in [1.165, 1.54) is 6.07 Å². The summed E-state index contributed by atoms with van der Waals surface area (Å²) in [6.07, 6.45) is -4.53. The van der Waals surface area contributed by atoms with Crippen LogP contribution in [0.5, 0.6) is 0 Å². The molecule has 0 unspecified atom stereocenters. The number of ether oxygens (including phenoxy) is 1. The van der Waals surface area contributed by atoms with Crippen LogP contribution in [0, 0.1) is 0 Å². The number of anilines is 2. The van der Waals surface area contributed by atoms with Crippen LogP contribution in [-0.2, 0) is 15.7 Å². The van der Waals surface area contributed by atoms with Gasteiger partial charge in [0.1, 0.15) is 0 Å². The van der Waals surface area contributed by atoms with Crippen molar-refractivity contribution in [1.82, 2.24) is 10.2 Å². The van der Waals surface area contributed by atoms with Crippen LogP contribution < -0.4 is 10.2 Å². The van der Waals surface area contributed by atoms with Crippen molar-refractivity contribution >= 4 is 40.6 Å². The lowest BCUT2D eigenvalue weighted by Crippen LogP contribution is -2.37. The molecule has 1 fully saturated rings. The van der Waals surface area contributed by atoms with E-state index in [4.69, 9.17) is 20.8 Å². The highest BCUT2D eigenvalue weighted by Gasteiger charge is 2.32. The molecular formula is C21H18ClF3N4O3S. The first-order valence-electron chi connectivity index (χ1n) is 9.85. The Morgan fingerprint density at radius 3 is 2.55 bits per heavy atom. The Labute approximate surface area is 196 Å². The van der Waals surface area contributed by atoms with E-state index in [1.54, 1.807) is 24.3 Å². The third-order valence-corrected chi connectivity index (χ3v) is 5.84. The van der Waals surface area contributed by atoms with Gasteiger partial charge >= 0.3 is 6.18 Å². The molecule has 1 aromatic heterocycles. The maximum absolute atomic E-state index is 13.2. The number of hydrogen-bond acceptors (Lipinski definition) is 7. The van der Waals surface area contributed by atoms with Gasteiger partial charge < -0.3 is 19.4 Å². The molecule has 1 N–H and O–H groups in total. The lowest BCUT2D eigenvalue weighted by Gasteiger charge is -2.31. The zero-order valence-corrected chi connectivity index (χ0v) is 18.6. The molecule has 2 heterocycles. The second-order valence-corrected chi connectivity index (χ2v) is 8.41. The number of nitrogens with zero attached hydrogens (tertiary/aromatic N) is 3. The van der Waals surface area contributed by atoms with Crippen molar-refractivity contribution in [3.63, 3.8) is 0 Å². The summed E-state index contributed by atoms with van der Waals surface area (Å²) < 4.78 is 50.5. The average molecular weight is 499 g/mol. The molecule has 33 heavy (non-hydrogen) atoms. The summed E-state index contributed by atoms with van der Waals surface area (Å²) in [6, 6.07) is 10.1. The zero-order chi connectivity index (χ0) is 23.4. The van der Waals surface area contributed by atoms with E-state index >= 15 is 0 Å². The quantitative estimate of drug-likeness (QED) is 0.480.